The van der Waals surface area contributed by atoms with Crippen molar-refractivity contribution in [2.24, 2.45) is 0 Å². The number of rotatable bonds is 2. The van der Waals surface area contributed by atoms with Crippen LogP contribution in [-0.4, -0.2) is 16.3 Å². The summed E-state index contributed by atoms with van der Waals surface area (Å²) in [5, 5.41) is 18.8. The third kappa shape index (κ3) is 2.81. The van der Waals surface area contributed by atoms with Crippen molar-refractivity contribution in [3.8, 4) is 11.9 Å². The number of nitro groups is 1. The third-order valence-corrected chi connectivity index (χ3v) is 1.37. The fraction of sp³-hybridized carbons (Fsp3) is 0.143. The number of halogens is 3. The van der Waals surface area contributed by atoms with Crippen LogP contribution in [-0.2, 0) is 0 Å². The Morgan fingerprint density at radius 1 is 1.56 bits per heavy atom. The maximum absolute atomic E-state index is 11.8. The molecule has 0 aliphatic carbocycles. The minimum absolute atomic E-state index is 0.235. The van der Waals surface area contributed by atoms with Crippen molar-refractivity contribution < 1.29 is 22.8 Å². The third-order valence-electron chi connectivity index (χ3n) is 1.37. The molecular weight excluding hydrogens is 231 g/mol. The molecule has 0 N–H and O–H groups in total. The Labute approximate surface area is 86.0 Å². The smallest absolute Gasteiger partial charge is 0.381 e. The summed E-state index contributed by atoms with van der Waals surface area (Å²) in [5.74, 6) is -1.20. The van der Waals surface area contributed by atoms with Gasteiger partial charge >= 0.3 is 17.9 Å². The van der Waals surface area contributed by atoms with Gasteiger partial charge in [0.1, 0.15) is 6.07 Å². The van der Waals surface area contributed by atoms with Crippen LogP contribution in [0.3, 0.4) is 0 Å². The van der Waals surface area contributed by atoms with Gasteiger partial charge in [-0.05, 0) is 0 Å². The zero-order valence-corrected chi connectivity index (χ0v) is 7.35. The van der Waals surface area contributed by atoms with Crippen molar-refractivity contribution in [1.82, 2.24) is 4.98 Å². The van der Waals surface area contributed by atoms with E-state index in [1.807, 2.05) is 0 Å². The van der Waals surface area contributed by atoms with Gasteiger partial charge in [-0.25, -0.2) is 4.98 Å². The molecule has 6 nitrogen and oxygen atoms in total. The number of hydrogen-bond donors (Lipinski definition) is 0. The fourth-order valence-electron chi connectivity index (χ4n) is 0.821. The molecule has 0 spiro atoms. The Kier molecular flexibility index (Phi) is 2.94. The van der Waals surface area contributed by atoms with E-state index in [0.29, 0.717) is 6.07 Å². The molecule has 1 rings (SSSR count). The first kappa shape index (κ1) is 11.7. The van der Waals surface area contributed by atoms with Gasteiger partial charge in [0.15, 0.2) is 0 Å². The Hall–Kier alpha value is -2.37. The zero-order valence-electron chi connectivity index (χ0n) is 7.35. The molecule has 0 bridgehead atoms. The minimum atomic E-state index is -5.08. The second-order valence-electron chi connectivity index (χ2n) is 2.46. The van der Waals surface area contributed by atoms with Crippen molar-refractivity contribution >= 4 is 5.69 Å². The van der Waals surface area contributed by atoms with E-state index < -0.39 is 22.9 Å². The molecule has 0 unspecified atom stereocenters. The Morgan fingerprint density at radius 2 is 2.19 bits per heavy atom. The van der Waals surface area contributed by atoms with Gasteiger partial charge in [-0.3, -0.25) is 10.1 Å². The van der Waals surface area contributed by atoms with Crippen LogP contribution in [0.4, 0.5) is 18.9 Å². The Balaban J connectivity index is 3.20. The van der Waals surface area contributed by atoms with Crippen LogP contribution in [0.2, 0.25) is 0 Å². The van der Waals surface area contributed by atoms with Crippen LogP contribution in [0, 0.1) is 21.4 Å². The van der Waals surface area contributed by atoms with E-state index in [1.165, 1.54) is 6.07 Å². The first-order valence-corrected chi connectivity index (χ1v) is 3.64. The van der Waals surface area contributed by atoms with E-state index >= 15 is 0 Å². The number of aromatic nitrogens is 1. The van der Waals surface area contributed by atoms with Gasteiger partial charge in [-0.2, -0.15) is 5.26 Å². The molecule has 16 heavy (non-hydrogen) atoms. The molecular formula is C7H2F3N3O3. The summed E-state index contributed by atoms with van der Waals surface area (Å²) in [7, 11) is 0. The highest BCUT2D eigenvalue weighted by molar-refractivity contribution is 5.46. The lowest BCUT2D eigenvalue weighted by atomic mass is 10.3. The maximum Gasteiger partial charge on any atom is 0.574 e. The summed E-state index contributed by atoms with van der Waals surface area (Å²) < 4.78 is 38.8. The molecule has 84 valence electrons. The highest BCUT2D eigenvalue weighted by Gasteiger charge is 2.35. The van der Waals surface area contributed by atoms with Gasteiger partial charge in [-0.1, -0.05) is 0 Å². The van der Waals surface area contributed by atoms with Crippen LogP contribution in [0.15, 0.2) is 12.3 Å². The van der Waals surface area contributed by atoms with Crippen molar-refractivity contribution in [3.05, 3.63) is 27.9 Å². The average Bonchev–Trinajstić information content (AvgIpc) is 2.15. The summed E-state index contributed by atoms with van der Waals surface area (Å²) in [6, 6.07) is 2.16. The predicted molar refractivity (Wildman–Crippen MR) is 42.3 cm³/mol. The Bertz CT molecular complexity index is 466. The SMILES string of the molecule is N#Cc1cnc(OC(F)(F)F)c([N+](=O)[O-])c1. The standard InChI is InChI=1S/C7H2F3N3O3/c8-7(9,10)16-6-5(13(14)15)1-4(2-11)3-12-6/h1,3H. The summed E-state index contributed by atoms with van der Waals surface area (Å²) in [5.41, 5.74) is -1.25. The summed E-state index contributed by atoms with van der Waals surface area (Å²) >= 11 is 0. The molecule has 0 saturated carbocycles. The van der Waals surface area contributed by atoms with E-state index in [4.69, 9.17) is 5.26 Å². The molecule has 0 aromatic carbocycles. The van der Waals surface area contributed by atoms with Crippen molar-refractivity contribution in [2.45, 2.75) is 6.36 Å². The van der Waals surface area contributed by atoms with Gasteiger partial charge in [0.25, 0.3) is 0 Å². The molecule has 1 heterocycles. The van der Waals surface area contributed by atoms with E-state index in [1.54, 1.807) is 0 Å². The normalized spacial score (nSPS) is 10.6. The van der Waals surface area contributed by atoms with Crippen molar-refractivity contribution in [1.29, 1.82) is 5.26 Å². The summed E-state index contributed by atoms with van der Waals surface area (Å²) in [4.78, 5) is 12.3. The van der Waals surface area contributed by atoms with Gasteiger partial charge in [0.2, 0.25) is 0 Å². The Morgan fingerprint density at radius 3 is 2.62 bits per heavy atom. The average molecular weight is 233 g/mol. The summed E-state index contributed by atoms with van der Waals surface area (Å²) in [6.45, 7) is 0. The quantitative estimate of drug-likeness (QED) is 0.573. The van der Waals surface area contributed by atoms with Gasteiger partial charge in [-0.15, -0.1) is 13.2 Å². The number of pyridine rings is 1. The highest BCUT2D eigenvalue weighted by Crippen LogP contribution is 2.29. The lowest BCUT2D eigenvalue weighted by Gasteiger charge is -2.07. The van der Waals surface area contributed by atoms with E-state index in [-0.39, 0.29) is 5.56 Å². The molecule has 0 fully saturated rings. The molecule has 0 aliphatic heterocycles. The lowest BCUT2D eigenvalue weighted by Crippen LogP contribution is -2.18. The van der Waals surface area contributed by atoms with Gasteiger partial charge < -0.3 is 4.74 Å². The van der Waals surface area contributed by atoms with Crippen LogP contribution >= 0.6 is 0 Å². The monoisotopic (exact) mass is 233 g/mol. The number of alkyl halides is 3. The predicted octanol–water partition coefficient (Wildman–Crippen LogP) is 1.76. The fourth-order valence-corrected chi connectivity index (χ4v) is 0.821. The molecule has 9 heteroatoms. The number of nitriles is 1. The summed E-state index contributed by atoms with van der Waals surface area (Å²) in [6.07, 6.45) is -4.33. The van der Waals surface area contributed by atoms with Crippen LogP contribution in [0.5, 0.6) is 5.88 Å². The molecule has 0 saturated heterocycles. The van der Waals surface area contributed by atoms with Gasteiger partial charge in [0.05, 0.1) is 10.5 Å². The van der Waals surface area contributed by atoms with E-state index in [0.717, 1.165) is 6.20 Å². The molecule has 0 radical (unpaired) electrons. The van der Waals surface area contributed by atoms with Crippen LogP contribution in [0.25, 0.3) is 0 Å². The van der Waals surface area contributed by atoms with Gasteiger partial charge in [0, 0.05) is 12.3 Å². The first-order valence-electron chi connectivity index (χ1n) is 3.64. The topological polar surface area (TPSA) is 89.0 Å². The molecule has 0 atom stereocenters. The number of hydrogen-bond acceptors (Lipinski definition) is 5. The molecule has 0 aliphatic rings. The number of nitrogens with zero attached hydrogens (tertiary/aromatic N) is 3. The minimum Gasteiger partial charge on any atom is -0.381 e. The van der Waals surface area contributed by atoms with E-state index in [2.05, 4.69) is 9.72 Å². The van der Waals surface area contributed by atoms with Crippen LogP contribution in [0.1, 0.15) is 5.56 Å². The van der Waals surface area contributed by atoms with Crippen LogP contribution < -0.4 is 4.74 Å². The molecule has 0 amide bonds. The molecule has 1 aromatic rings. The lowest BCUT2D eigenvalue weighted by molar-refractivity contribution is -0.389. The maximum atomic E-state index is 11.8. The highest BCUT2D eigenvalue weighted by atomic mass is 19.4. The number of ether oxygens (including phenoxy) is 1. The van der Waals surface area contributed by atoms with Crippen molar-refractivity contribution in [2.75, 3.05) is 0 Å². The largest absolute Gasteiger partial charge is 0.574 e. The molecule has 1 aromatic heterocycles. The second kappa shape index (κ2) is 4.01. The first-order chi connectivity index (χ1) is 7.33. The van der Waals surface area contributed by atoms with Crippen molar-refractivity contribution in [3.63, 3.8) is 0 Å². The van der Waals surface area contributed by atoms with E-state index in [9.17, 15) is 23.3 Å². The zero-order chi connectivity index (χ0) is 12.3. The second-order valence-corrected chi connectivity index (χ2v) is 2.46.